The zero-order valence-electron chi connectivity index (χ0n) is 18.0. The molecule has 3 rings (SSSR count). The van der Waals surface area contributed by atoms with Gasteiger partial charge in [-0.25, -0.2) is 0 Å². The minimum Gasteiger partial charge on any atom is -0.496 e. The van der Waals surface area contributed by atoms with Crippen molar-refractivity contribution in [1.82, 2.24) is 9.47 Å². The largest absolute Gasteiger partial charge is 0.496 e. The van der Waals surface area contributed by atoms with Crippen molar-refractivity contribution >= 4 is 17.5 Å². The average molecular weight is 425 g/mol. The number of aromatic nitrogens is 1. The molecule has 0 saturated heterocycles. The second-order valence-corrected chi connectivity index (χ2v) is 8.31. The Kier molecular flexibility index (Phi) is 7.22. The summed E-state index contributed by atoms with van der Waals surface area (Å²) in [5.41, 5.74) is 2.78. The van der Waals surface area contributed by atoms with Crippen LogP contribution in [0, 0.1) is 5.92 Å². The molecule has 0 bridgehead atoms. The third kappa shape index (κ3) is 5.06. The quantitative estimate of drug-likeness (QED) is 0.452. The van der Waals surface area contributed by atoms with Crippen LogP contribution in [0.15, 0.2) is 66.9 Å². The summed E-state index contributed by atoms with van der Waals surface area (Å²) in [6.45, 7) is 7.60. The molecule has 1 amide bonds. The minimum absolute atomic E-state index is 0.0239. The Bertz CT molecular complexity index is 996. The molecule has 0 aliphatic carbocycles. The Morgan fingerprint density at radius 2 is 1.83 bits per heavy atom. The first kappa shape index (κ1) is 22.0. The fraction of sp³-hybridized carbons (Fsp3) is 0.320. The van der Waals surface area contributed by atoms with Gasteiger partial charge < -0.3 is 14.2 Å². The lowest BCUT2D eigenvalue weighted by Crippen LogP contribution is -2.41. The summed E-state index contributed by atoms with van der Waals surface area (Å²) in [5, 5.41) is 0.725. The number of methoxy groups -OCH3 is 1. The van der Waals surface area contributed by atoms with Crippen molar-refractivity contribution in [2.24, 2.45) is 5.92 Å². The van der Waals surface area contributed by atoms with Gasteiger partial charge in [0.25, 0.3) is 5.91 Å². The van der Waals surface area contributed by atoms with Gasteiger partial charge in [-0.3, -0.25) is 4.79 Å². The third-order valence-electron chi connectivity index (χ3n) is 5.55. The smallest absolute Gasteiger partial charge is 0.258 e. The summed E-state index contributed by atoms with van der Waals surface area (Å²) >= 11 is 6.15. The molecule has 0 aliphatic heterocycles. The normalized spacial score (nSPS) is 12.1. The summed E-state index contributed by atoms with van der Waals surface area (Å²) in [6.07, 6.45) is 2.04. The first-order valence-corrected chi connectivity index (χ1v) is 10.6. The molecule has 4 nitrogen and oxygen atoms in total. The SMILES string of the molecule is COc1ccccc1C(=O)N(Cc1cccn1Cc1cccc(Cl)c1)[C@H](C)C(C)C. The zero-order chi connectivity index (χ0) is 21.7. The molecular formula is C25H29ClN2O2. The van der Waals surface area contributed by atoms with Gasteiger partial charge in [-0.1, -0.05) is 49.7 Å². The molecule has 0 N–H and O–H groups in total. The highest BCUT2D eigenvalue weighted by Crippen LogP contribution is 2.24. The number of carbonyl (C=O) groups is 1. The zero-order valence-corrected chi connectivity index (χ0v) is 18.8. The van der Waals surface area contributed by atoms with Crippen LogP contribution in [0.2, 0.25) is 5.02 Å². The molecule has 0 aliphatic rings. The molecule has 1 atom stereocenters. The molecule has 30 heavy (non-hydrogen) atoms. The monoisotopic (exact) mass is 424 g/mol. The van der Waals surface area contributed by atoms with E-state index in [2.05, 4.69) is 37.5 Å². The van der Waals surface area contributed by atoms with E-state index in [0.29, 0.717) is 30.3 Å². The van der Waals surface area contributed by atoms with Crippen molar-refractivity contribution in [3.8, 4) is 5.75 Å². The van der Waals surface area contributed by atoms with Gasteiger partial charge in [-0.15, -0.1) is 0 Å². The molecule has 3 aromatic rings. The Labute approximate surface area is 184 Å². The van der Waals surface area contributed by atoms with E-state index in [1.807, 2.05) is 59.6 Å². The molecular weight excluding hydrogens is 396 g/mol. The fourth-order valence-corrected chi connectivity index (χ4v) is 3.70. The maximum Gasteiger partial charge on any atom is 0.258 e. The van der Waals surface area contributed by atoms with E-state index in [-0.39, 0.29) is 11.9 Å². The molecule has 0 saturated carbocycles. The van der Waals surface area contributed by atoms with Crippen molar-refractivity contribution in [2.75, 3.05) is 7.11 Å². The first-order valence-electron chi connectivity index (χ1n) is 10.2. The van der Waals surface area contributed by atoms with Gasteiger partial charge in [0.05, 0.1) is 19.2 Å². The van der Waals surface area contributed by atoms with Crippen LogP contribution in [-0.2, 0) is 13.1 Å². The number of hydrogen-bond donors (Lipinski definition) is 0. The van der Waals surface area contributed by atoms with E-state index < -0.39 is 0 Å². The summed E-state index contributed by atoms with van der Waals surface area (Å²) in [4.78, 5) is 15.5. The Balaban J connectivity index is 1.90. The summed E-state index contributed by atoms with van der Waals surface area (Å²) in [7, 11) is 1.60. The third-order valence-corrected chi connectivity index (χ3v) is 5.79. The summed E-state index contributed by atoms with van der Waals surface area (Å²) in [5.74, 6) is 0.891. The van der Waals surface area contributed by atoms with Crippen molar-refractivity contribution in [3.63, 3.8) is 0 Å². The number of halogens is 1. The van der Waals surface area contributed by atoms with Gasteiger partial charge >= 0.3 is 0 Å². The predicted molar refractivity (Wildman–Crippen MR) is 122 cm³/mol. The average Bonchev–Trinajstić information content (AvgIpc) is 3.17. The van der Waals surface area contributed by atoms with Crippen LogP contribution in [0.3, 0.4) is 0 Å². The second kappa shape index (κ2) is 9.86. The van der Waals surface area contributed by atoms with E-state index in [4.69, 9.17) is 16.3 Å². The van der Waals surface area contributed by atoms with Crippen LogP contribution in [0.25, 0.3) is 0 Å². The highest BCUT2D eigenvalue weighted by atomic mass is 35.5. The fourth-order valence-electron chi connectivity index (χ4n) is 3.49. The molecule has 0 unspecified atom stereocenters. The Morgan fingerprint density at radius 3 is 2.53 bits per heavy atom. The number of carbonyl (C=O) groups excluding carboxylic acids is 1. The lowest BCUT2D eigenvalue weighted by atomic mass is 10.0. The van der Waals surface area contributed by atoms with Crippen LogP contribution in [0.5, 0.6) is 5.75 Å². The van der Waals surface area contributed by atoms with E-state index in [0.717, 1.165) is 16.3 Å². The number of para-hydroxylation sites is 1. The molecule has 0 spiro atoms. The maximum absolute atomic E-state index is 13.5. The van der Waals surface area contributed by atoms with E-state index >= 15 is 0 Å². The molecule has 2 aromatic carbocycles. The molecule has 0 fully saturated rings. The van der Waals surface area contributed by atoms with Gasteiger partial charge in [-0.2, -0.15) is 0 Å². The van der Waals surface area contributed by atoms with Gasteiger partial charge in [0.15, 0.2) is 0 Å². The van der Waals surface area contributed by atoms with Crippen LogP contribution in [0.1, 0.15) is 42.4 Å². The lowest BCUT2D eigenvalue weighted by Gasteiger charge is -2.32. The first-order chi connectivity index (χ1) is 14.4. The highest BCUT2D eigenvalue weighted by molar-refractivity contribution is 6.30. The Morgan fingerprint density at radius 1 is 1.07 bits per heavy atom. The van der Waals surface area contributed by atoms with E-state index in [9.17, 15) is 4.79 Å². The highest BCUT2D eigenvalue weighted by Gasteiger charge is 2.26. The van der Waals surface area contributed by atoms with Crippen molar-refractivity contribution in [2.45, 2.75) is 39.9 Å². The Hall–Kier alpha value is -2.72. The number of nitrogens with zero attached hydrogens (tertiary/aromatic N) is 2. The van der Waals surface area contributed by atoms with Crippen molar-refractivity contribution in [1.29, 1.82) is 0 Å². The predicted octanol–water partition coefficient (Wildman–Crippen LogP) is 5.89. The summed E-state index contributed by atoms with van der Waals surface area (Å²) < 4.78 is 7.61. The van der Waals surface area contributed by atoms with E-state index in [1.54, 1.807) is 7.11 Å². The number of rotatable bonds is 8. The lowest BCUT2D eigenvalue weighted by molar-refractivity contribution is 0.0619. The number of amides is 1. The number of ether oxygens (including phenoxy) is 1. The topological polar surface area (TPSA) is 34.5 Å². The van der Waals surface area contributed by atoms with Gasteiger partial charge in [0.1, 0.15) is 5.75 Å². The molecule has 1 aromatic heterocycles. The van der Waals surface area contributed by atoms with Gasteiger partial charge in [-0.05, 0) is 54.8 Å². The maximum atomic E-state index is 13.5. The molecule has 1 heterocycles. The van der Waals surface area contributed by atoms with Crippen LogP contribution in [-0.4, -0.2) is 28.5 Å². The van der Waals surface area contributed by atoms with Gasteiger partial charge in [0, 0.05) is 29.5 Å². The molecule has 0 radical (unpaired) electrons. The molecule has 5 heteroatoms. The van der Waals surface area contributed by atoms with E-state index in [1.165, 1.54) is 0 Å². The minimum atomic E-state index is -0.0239. The van der Waals surface area contributed by atoms with Crippen LogP contribution < -0.4 is 4.74 Å². The standard InChI is InChI=1S/C25H29ClN2O2/c1-18(2)19(3)28(25(29)23-12-5-6-13-24(23)30-4)17-22-11-8-14-27(22)16-20-9-7-10-21(26)15-20/h5-15,18-19H,16-17H2,1-4H3/t19-/m1/s1. The van der Waals surface area contributed by atoms with Crippen LogP contribution >= 0.6 is 11.6 Å². The number of hydrogen-bond acceptors (Lipinski definition) is 2. The van der Waals surface area contributed by atoms with Gasteiger partial charge in [0.2, 0.25) is 0 Å². The van der Waals surface area contributed by atoms with Crippen molar-refractivity contribution < 1.29 is 9.53 Å². The molecule has 158 valence electrons. The van der Waals surface area contributed by atoms with Crippen LogP contribution in [0.4, 0.5) is 0 Å². The second-order valence-electron chi connectivity index (χ2n) is 7.88. The number of benzene rings is 2. The van der Waals surface area contributed by atoms with Crippen molar-refractivity contribution in [3.05, 3.63) is 88.7 Å². The summed E-state index contributed by atoms with van der Waals surface area (Å²) in [6, 6.07) is 19.4.